The van der Waals surface area contributed by atoms with E-state index in [0.29, 0.717) is 0 Å². The number of hydrogen-bond donors (Lipinski definition) is 24. The van der Waals surface area contributed by atoms with Gasteiger partial charge in [-0.3, -0.25) is 95.9 Å². The Morgan fingerprint density at radius 3 is 0.747 bits per heavy atom. The fourth-order valence-electron chi connectivity index (χ4n) is 7.41. The van der Waals surface area contributed by atoms with Crippen LogP contribution in [-0.2, 0) is 95.9 Å². The smallest absolute Gasteiger partial charge is 0.305 e. The molecule has 0 radical (unpaired) electrons. The molecule has 0 saturated heterocycles. The third-order valence-electron chi connectivity index (χ3n) is 11.8. The Morgan fingerprint density at radius 2 is 0.505 bits per heavy atom. The van der Waals surface area contributed by atoms with Gasteiger partial charge in [-0.15, -0.1) is 0 Å². The summed E-state index contributed by atoms with van der Waals surface area (Å²) in [6, 6.07) is -23.4. The van der Waals surface area contributed by atoms with Crippen molar-refractivity contribution in [1.29, 1.82) is 0 Å². The molecule has 0 saturated carbocycles. The zero-order valence-electron chi connectivity index (χ0n) is 47.8. The van der Waals surface area contributed by atoms with Crippen molar-refractivity contribution in [1.82, 2.24) is 58.5 Å². The number of carboxylic acid groups (broad SMARTS) is 5. The minimum absolute atomic E-state index is 0.755. The van der Waals surface area contributed by atoms with Crippen molar-refractivity contribution in [3.63, 3.8) is 0 Å². The summed E-state index contributed by atoms with van der Waals surface area (Å²) in [4.78, 5) is 251. The summed E-state index contributed by atoms with van der Waals surface area (Å²) in [7, 11) is 0. The van der Waals surface area contributed by atoms with Gasteiger partial charge in [-0.2, -0.15) is 0 Å². The SMILES string of the molecule is CC(=O)N[C@H](CC(N)=O)C(=O)N[C@H](CC(=O)O)C(=O)N[C@H](CO)C(=O)N[C@H](CCC(=O)O)C(=O)N[C@H](CC(=O)O)C(=O)N[C@H](CC(N)=O)C(=O)N[C@H](CO)C(=O)N[C@H](CC(=O)O)C(=O)N[C@H](CCC(O)O)C(=O)N[C@H](CCC(=O)O)C(=O)N[C@H](CC(N)=O)C(N)=O. The number of rotatable bonds is 45. The van der Waals surface area contributed by atoms with Gasteiger partial charge in [-0.25, -0.2) is 0 Å². The molecule has 0 aromatic rings. The molecule has 0 rings (SSSR count). The number of primary amides is 4. The molecule has 28 N–H and O–H groups in total. The molecule has 0 aromatic carbocycles. The highest BCUT2D eigenvalue weighted by Gasteiger charge is 2.38. The molecule has 0 bridgehead atoms. The third-order valence-corrected chi connectivity index (χ3v) is 11.8. The quantitative estimate of drug-likeness (QED) is 0.0252. The fraction of sp³-hybridized carbons (Fsp3) is 0.574. The number of aliphatic hydroxyl groups is 4. The van der Waals surface area contributed by atoms with Crippen LogP contribution in [0.4, 0.5) is 0 Å². The van der Waals surface area contributed by atoms with Gasteiger partial charge < -0.3 is 127 Å². The average molecular weight is 1310 g/mol. The summed E-state index contributed by atoms with van der Waals surface area (Å²) in [5.74, 6) is -30.0. The van der Waals surface area contributed by atoms with E-state index in [0.717, 1.165) is 6.92 Å². The van der Waals surface area contributed by atoms with E-state index in [1.54, 1.807) is 0 Å². The summed E-state index contributed by atoms with van der Waals surface area (Å²) >= 11 is 0. The highest BCUT2D eigenvalue weighted by molar-refractivity contribution is 6.02. The molecule has 0 aliphatic heterocycles. The molecule has 508 valence electrons. The molecule has 44 nitrogen and oxygen atoms in total. The van der Waals surface area contributed by atoms with Gasteiger partial charge in [-0.05, 0) is 19.3 Å². The number of carbonyl (C=O) groups excluding carboxylic acids is 15. The van der Waals surface area contributed by atoms with Crippen molar-refractivity contribution >= 4 is 118 Å². The predicted octanol–water partition coefficient (Wildman–Crippen LogP) is -14.3. The minimum atomic E-state index is -2.39. The molecule has 0 fully saturated rings. The van der Waals surface area contributed by atoms with E-state index in [-0.39, 0.29) is 0 Å². The number of aliphatic hydroxyl groups excluding tert-OH is 3. The van der Waals surface area contributed by atoms with Crippen molar-refractivity contribution in [2.45, 2.75) is 157 Å². The van der Waals surface area contributed by atoms with E-state index in [1.807, 2.05) is 58.5 Å². The summed E-state index contributed by atoms with van der Waals surface area (Å²) in [5.41, 5.74) is 20.6. The highest BCUT2D eigenvalue weighted by Crippen LogP contribution is 2.10. The van der Waals surface area contributed by atoms with Crippen LogP contribution in [-0.4, -0.2) is 250 Å². The molecular formula is C47H71N15O29. The summed E-state index contributed by atoms with van der Waals surface area (Å²) in [6.07, 6.45) is -14.4. The van der Waals surface area contributed by atoms with E-state index in [4.69, 9.17) is 22.9 Å². The van der Waals surface area contributed by atoms with Crippen LogP contribution in [0.1, 0.15) is 84.0 Å². The van der Waals surface area contributed by atoms with Gasteiger partial charge in [0.15, 0.2) is 6.29 Å². The summed E-state index contributed by atoms with van der Waals surface area (Å²) in [5, 5.41) is 108. The summed E-state index contributed by atoms with van der Waals surface area (Å²) in [6.45, 7) is -1.95. The molecule has 0 spiro atoms. The lowest BCUT2D eigenvalue weighted by Crippen LogP contribution is -2.62. The van der Waals surface area contributed by atoms with Gasteiger partial charge in [0.25, 0.3) is 0 Å². The summed E-state index contributed by atoms with van der Waals surface area (Å²) < 4.78 is 0. The number of hydrogen-bond acceptors (Lipinski definition) is 24. The molecule has 91 heavy (non-hydrogen) atoms. The van der Waals surface area contributed by atoms with Crippen LogP contribution in [0.3, 0.4) is 0 Å². The van der Waals surface area contributed by atoms with Gasteiger partial charge in [-0.1, -0.05) is 0 Å². The second-order valence-electron chi connectivity index (χ2n) is 19.4. The Bertz CT molecular complexity index is 2750. The van der Waals surface area contributed by atoms with Crippen molar-refractivity contribution in [2.24, 2.45) is 22.9 Å². The third kappa shape index (κ3) is 32.7. The number of nitrogens with one attached hydrogen (secondary N) is 11. The molecule has 15 amide bonds. The number of aliphatic carboxylic acids is 5. The molecule has 0 aliphatic carbocycles. The van der Waals surface area contributed by atoms with Gasteiger partial charge in [0, 0.05) is 26.2 Å². The Hall–Kier alpha value is -10.8. The number of carbonyl (C=O) groups is 20. The van der Waals surface area contributed by atoms with Crippen molar-refractivity contribution in [3.8, 4) is 0 Å². The molecular weight excluding hydrogens is 1240 g/mol. The van der Waals surface area contributed by atoms with Crippen molar-refractivity contribution in [3.05, 3.63) is 0 Å². The molecule has 11 atom stereocenters. The molecule has 44 heteroatoms. The highest BCUT2D eigenvalue weighted by atomic mass is 16.5. The number of amides is 15. The van der Waals surface area contributed by atoms with Crippen LogP contribution in [0.25, 0.3) is 0 Å². The molecule has 0 aliphatic rings. The normalized spacial score (nSPS) is 14.4. The van der Waals surface area contributed by atoms with Crippen LogP contribution in [0, 0.1) is 0 Å². The standard InChI is InChI=1S/C47H71N15O29/c1-16(65)52-21(9-29(49)67)41(85)59-25(13-36(79)80)45(89)62-26(14-63)46(90)55-19(4-7-33(73)74)40(84)58-24(12-35(77)78)44(88)57-22(10-30(50)68)42(86)61-27(15-64)47(91)60-23(11-34(75)76)43(87)54-17(2-5-31(69)70)38(82)53-18(3-6-32(71)72)39(83)56-20(37(51)81)8-28(48)66/h17-27,31,63-64,69-70H,2-15H2,1H3,(H2,48,66)(H2,49,67)(H2,50,68)(H2,51,81)(H,52,65)(H,53,82)(H,54,87)(H,55,90)(H,56,83)(H,57,88)(H,58,84)(H,59,85)(H,60,91)(H,61,86)(H,62,89)(H,71,72)(H,73,74)(H,75,76)(H,77,78)(H,79,80)/t17-,18-,19-,20-,21-,22-,23-,24-,25-,26-,27-/m1/s1. The van der Waals surface area contributed by atoms with Gasteiger partial charge in [0.1, 0.15) is 66.5 Å². The molecule has 0 aromatic heterocycles. The fourth-order valence-corrected chi connectivity index (χ4v) is 7.41. The lowest BCUT2D eigenvalue weighted by Gasteiger charge is -2.27. The average Bonchev–Trinajstić information content (AvgIpc) is 1.22. The Morgan fingerprint density at radius 1 is 0.286 bits per heavy atom. The second kappa shape index (κ2) is 39.9. The largest absolute Gasteiger partial charge is 0.481 e. The van der Waals surface area contributed by atoms with Gasteiger partial charge >= 0.3 is 29.8 Å². The van der Waals surface area contributed by atoms with Crippen LogP contribution in [0.15, 0.2) is 0 Å². The lowest BCUT2D eigenvalue weighted by atomic mass is 10.1. The Labute approximate surface area is 510 Å². The van der Waals surface area contributed by atoms with Crippen LogP contribution < -0.4 is 81.4 Å². The van der Waals surface area contributed by atoms with Crippen LogP contribution in [0.5, 0.6) is 0 Å². The van der Waals surface area contributed by atoms with E-state index in [2.05, 4.69) is 0 Å². The number of nitrogens with two attached hydrogens (primary N) is 4. The molecule has 0 heterocycles. The number of carboxylic acids is 5. The maximum atomic E-state index is 13.7. The van der Waals surface area contributed by atoms with E-state index in [9.17, 15) is 142 Å². The first-order chi connectivity index (χ1) is 42.2. The van der Waals surface area contributed by atoms with Gasteiger partial charge in [0.2, 0.25) is 88.6 Å². The topological polar surface area (TPSA) is 760 Å². The first kappa shape index (κ1) is 80.2. The van der Waals surface area contributed by atoms with Crippen molar-refractivity contribution in [2.75, 3.05) is 13.2 Å². The minimum Gasteiger partial charge on any atom is -0.481 e. The van der Waals surface area contributed by atoms with Crippen LogP contribution in [0.2, 0.25) is 0 Å². The Balaban J connectivity index is 6.83. The Kier molecular flexibility index (Phi) is 35.2. The zero-order valence-corrected chi connectivity index (χ0v) is 47.8. The van der Waals surface area contributed by atoms with E-state index < -0.39 is 281 Å². The lowest BCUT2D eigenvalue weighted by molar-refractivity contribution is -0.143. The van der Waals surface area contributed by atoms with Gasteiger partial charge in [0.05, 0.1) is 51.7 Å². The van der Waals surface area contributed by atoms with E-state index >= 15 is 0 Å². The first-order valence-electron chi connectivity index (χ1n) is 26.3. The van der Waals surface area contributed by atoms with Crippen molar-refractivity contribution < 1.29 is 142 Å². The second-order valence-corrected chi connectivity index (χ2v) is 19.4. The zero-order chi connectivity index (χ0) is 70.2. The first-order valence-corrected chi connectivity index (χ1v) is 26.3. The van der Waals surface area contributed by atoms with E-state index in [1.165, 1.54) is 0 Å². The predicted molar refractivity (Wildman–Crippen MR) is 290 cm³/mol. The van der Waals surface area contributed by atoms with Crippen LogP contribution >= 0.6 is 0 Å². The molecule has 0 unspecified atom stereocenters. The maximum Gasteiger partial charge on any atom is 0.305 e. The maximum absolute atomic E-state index is 13.7. The monoisotopic (exact) mass is 1310 g/mol.